The van der Waals surface area contributed by atoms with Crippen LogP contribution in [-0.2, 0) is 0 Å². The quantitative estimate of drug-likeness (QED) is 0.663. The van der Waals surface area contributed by atoms with E-state index >= 15 is 0 Å². The average molecular weight is 400 g/mol. The molecule has 3 aromatic rings. The highest BCUT2D eigenvalue weighted by molar-refractivity contribution is 5.67. The van der Waals surface area contributed by atoms with E-state index in [4.69, 9.17) is 0 Å². The minimum Gasteiger partial charge on any atom is -0.403 e. The Hall–Kier alpha value is -3.62. The SMILES string of the molecule is O=c1ccn(-c2ccccc2OC(F)(F)F)nc1C1CC=NN1c1ccccc1. The number of para-hydroxylation sites is 3. The third-order valence-electron chi connectivity index (χ3n) is 4.34. The number of aromatic nitrogens is 2. The van der Waals surface area contributed by atoms with Gasteiger partial charge in [0.2, 0.25) is 5.43 Å². The molecule has 0 aliphatic carbocycles. The summed E-state index contributed by atoms with van der Waals surface area (Å²) in [4.78, 5) is 12.5. The monoisotopic (exact) mass is 400 g/mol. The van der Waals surface area contributed by atoms with Crippen molar-refractivity contribution in [3.63, 3.8) is 0 Å². The first-order valence-electron chi connectivity index (χ1n) is 8.74. The summed E-state index contributed by atoms with van der Waals surface area (Å²) in [6.45, 7) is 0. The van der Waals surface area contributed by atoms with Crippen molar-refractivity contribution in [2.24, 2.45) is 5.10 Å². The number of ether oxygens (including phenoxy) is 1. The van der Waals surface area contributed by atoms with Crippen molar-refractivity contribution in [3.05, 3.63) is 82.8 Å². The van der Waals surface area contributed by atoms with E-state index in [-0.39, 0.29) is 16.8 Å². The van der Waals surface area contributed by atoms with E-state index in [0.29, 0.717) is 6.42 Å². The van der Waals surface area contributed by atoms with Crippen LogP contribution in [0, 0.1) is 0 Å². The molecule has 9 heteroatoms. The number of alkyl halides is 3. The van der Waals surface area contributed by atoms with Gasteiger partial charge in [-0.05, 0) is 24.3 Å². The first-order chi connectivity index (χ1) is 13.9. The number of rotatable bonds is 4. The molecule has 1 atom stereocenters. The highest BCUT2D eigenvalue weighted by Gasteiger charge is 2.33. The van der Waals surface area contributed by atoms with Crippen molar-refractivity contribution in [1.29, 1.82) is 0 Å². The third kappa shape index (κ3) is 3.98. The standard InChI is InChI=1S/C20H15F3N4O2/c21-20(22,23)29-18-9-5-4-8-15(18)26-13-11-17(28)19(25-26)16-10-12-24-27(16)14-6-2-1-3-7-14/h1-9,11-13,16H,10H2. The van der Waals surface area contributed by atoms with Crippen LogP contribution in [0.1, 0.15) is 18.2 Å². The van der Waals surface area contributed by atoms with Crippen LogP contribution in [0.2, 0.25) is 0 Å². The van der Waals surface area contributed by atoms with Crippen LogP contribution in [-0.4, -0.2) is 22.4 Å². The van der Waals surface area contributed by atoms with Crippen molar-refractivity contribution in [2.45, 2.75) is 18.8 Å². The van der Waals surface area contributed by atoms with Crippen molar-refractivity contribution >= 4 is 11.9 Å². The van der Waals surface area contributed by atoms with Crippen molar-refractivity contribution < 1.29 is 17.9 Å². The summed E-state index contributed by atoms with van der Waals surface area (Å²) < 4.78 is 43.5. The van der Waals surface area contributed by atoms with E-state index < -0.39 is 18.2 Å². The molecule has 6 nitrogen and oxygen atoms in total. The van der Waals surface area contributed by atoms with Gasteiger partial charge in [0.25, 0.3) is 0 Å². The first-order valence-corrected chi connectivity index (χ1v) is 8.74. The maximum atomic E-state index is 12.7. The zero-order valence-corrected chi connectivity index (χ0v) is 15.0. The number of hydrogen-bond donors (Lipinski definition) is 0. The van der Waals surface area contributed by atoms with Gasteiger partial charge in [-0.3, -0.25) is 9.80 Å². The molecular weight excluding hydrogens is 385 g/mol. The molecule has 0 spiro atoms. The molecule has 2 aromatic carbocycles. The maximum absolute atomic E-state index is 12.7. The lowest BCUT2D eigenvalue weighted by molar-refractivity contribution is -0.274. The summed E-state index contributed by atoms with van der Waals surface area (Å²) in [5.74, 6) is -0.412. The maximum Gasteiger partial charge on any atom is 0.573 e. The number of nitrogens with zero attached hydrogens (tertiary/aromatic N) is 4. The van der Waals surface area contributed by atoms with E-state index in [0.717, 1.165) is 5.69 Å². The van der Waals surface area contributed by atoms with Gasteiger partial charge in [0.15, 0.2) is 5.75 Å². The van der Waals surface area contributed by atoms with Gasteiger partial charge in [-0.25, -0.2) is 4.68 Å². The predicted octanol–water partition coefficient (Wildman–Crippen LogP) is 4.07. The zero-order chi connectivity index (χ0) is 20.4. The summed E-state index contributed by atoms with van der Waals surface area (Å²) >= 11 is 0. The van der Waals surface area contributed by atoms with E-state index in [1.807, 2.05) is 30.3 Å². The smallest absolute Gasteiger partial charge is 0.403 e. The molecule has 0 radical (unpaired) electrons. The molecule has 0 saturated heterocycles. The molecule has 1 unspecified atom stereocenters. The lowest BCUT2D eigenvalue weighted by Crippen LogP contribution is -2.27. The second kappa shape index (κ2) is 7.42. The fourth-order valence-electron chi connectivity index (χ4n) is 3.11. The molecule has 29 heavy (non-hydrogen) atoms. The molecule has 1 aromatic heterocycles. The van der Waals surface area contributed by atoms with Crippen LogP contribution in [0.4, 0.5) is 18.9 Å². The van der Waals surface area contributed by atoms with E-state index in [1.165, 1.54) is 35.1 Å². The van der Waals surface area contributed by atoms with Gasteiger partial charge in [-0.15, -0.1) is 13.2 Å². The molecule has 0 saturated carbocycles. The molecular formula is C20H15F3N4O2. The molecule has 148 valence electrons. The van der Waals surface area contributed by atoms with Gasteiger partial charge >= 0.3 is 6.36 Å². The first kappa shape index (κ1) is 18.7. The lowest BCUT2D eigenvalue weighted by atomic mass is 10.1. The number of benzene rings is 2. The summed E-state index contributed by atoms with van der Waals surface area (Å²) in [5.41, 5.74) is 0.697. The van der Waals surface area contributed by atoms with Gasteiger partial charge in [0, 0.05) is 24.9 Å². The average Bonchev–Trinajstić information content (AvgIpc) is 3.18. The number of hydrogen-bond acceptors (Lipinski definition) is 5. The zero-order valence-electron chi connectivity index (χ0n) is 15.0. The van der Waals surface area contributed by atoms with Gasteiger partial charge < -0.3 is 4.74 Å². The van der Waals surface area contributed by atoms with Crippen LogP contribution < -0.4 is 15.2 Å². The Bertz CT molecular complexity index is 1100. The van der Waals surface area contributed by atoms with Crippen LogP contribution in [0.3, 0.4) is 0 Å². The highest BCUT2D eigenvalue weighted by atomic mass is 19.4. The molecule has 4 rings (SSSR count). The third-order valence-corrected chi connectivity index (χ3v) is 4.34. The van der Waals surface area contributed by atoms with E-state index in [1.54, 1.807) is 17.3 Å². The Kier molecular flexibility index (Phi) is 4.79. The Morgan fingerprint density at radius 3 is 2.48 bits per heavy atom. The second-order valence-electron chi connectivity index (χ2n) is 6.25. The molecule has 0 bridgehead atoms. The van der Waals surface area contributed by atoms with Crippen molar-refractivity contribution in [1.82, 2.24) is 9.78 Å². The molecule has 0 amide bonds. The Labute approximate surface area is 163 Å². The number of hydrazone groups is 1. The lowest BCUT2D eigenvalue weighted by Gasteiger charge is -2.23. The van der Waals surface area contributed by atoms with Crippen molar-refractivity contribution in [2.75, 3.05) is 5.01 Å². The summed E-state index contributed by atoms with van der Waals surface area (Å²) in [6.07, 6.45) is -1.41. The van der Waals surface area contributed by atoms with Gasteiger partial charge in [0.1, 0.15) is 17.4 Å². The Morgan fingerprint density at radius 2 is 1.72 bits per heavy atom. The molecule has 1 aliphatic heterocycles. The highest BCUT2D eigenvalue weighted by Crippen LogP contribution is 2.32. The summed E-state index contributed by atoms with van der Waals surface area (Å²) in [6, 6.07) is 15.7. The molecule has 1 aliphatic rings. The predicted molar refractivity (Wildman–Crippen MR) is 101 cm³/mol. The fraction of sp³-hybridized carbons (Fsp3) is 0.150. The fourth-order valence-corrected chi connectivity index (χ4v) is 3.11. The van der Waals surface area contributed by atoms with Crippen LogP contribution in [0.5, 0.6) is 5.75 Å². The summed E-state index contributed by atoms with van der Waals surface area (Å²) in [5, 5.41) is 10.3. The minimum absolute atomic E-state index is 0.0660. The van der Waals surface area contributed by atoms with Gasteiger partial charge in [-0.2, -0.15) is 10.2 Å². The van der Waals surface area contributed by atoms with Crippen LogP contribution >= 0.6 is 0 Å². The van der Waals surface area contributed by atoms with E-state index in [9.17, 15) is 18.0 Å². The van der Waals surface area contributed by atoms with Crippen LogP contribution in [0.25, 0.3) is 5.69 Å². The second-order valence-corrected chi connectivity index (χ2v) is 6.25. The summed E-state index contributed by atoms with van der Waals surface area (Å²) in [7, 11) is 0. The molecule has 0 fully saturated rings. The topological polar surface area (TPSA) is 59.7 Å². The van der Waals surface area contributed by atoms with Gasteiger partial charge in [0.05, 0.1) is 5.69 Å². The normalized spacial score (nSPS) is 16.2. The van der Waals surface area contributed by atoms with Crippen molar-refractivity contribution in [3.8, 4) is 11.4 Å². The van der Waals surface area contributed by atoms with E-state index in [2.05, 4.69) is 14.9 Å². The van der Waals surface area contributed by atoms with Crippen LogP contribution in [0.15, 0.2) is 76.8 Å². The number of halogens is 3. The molecule has 0 N–H and O–H groups in total. The largest absolute Gasteiger partial charge is 0.573 e. The minimum atomic E-state index is -4.85. The molecule has 2 heterocycles. The Morgan fingerprint density at radius 1 is 1.00 bits per heavy atom. The Balaban J connectivity index is 1.74. The number of anilines is 1. The van der Waals surface area contributed by atoms with Gasteiger partial charge in [-0.1, -0.05) is 30.3 Å².